The molecule has 6 nitrogen and oxygen atoms in total. The Morgan fingerprint density at radius 2 is 0.651 bits per heavy atom. The van der Waals surface area contributed by atoms with Gasteiger partial charge in [0.05, 0.1) is 0 Å². The Labute approximate surface area is 389 Å². The third-order valence-corrected chi connectivity index (χ3v) is 11.3. The molecule has 0 saturated carbocycles. The molecule has 0 spiro atoms. The molecule has 0 aliphatic rings. The van der Waals surface area contributed by atoms with Gasteiger partial charge in [0.15, 0.2) is 6.10 Å². The van der Waals surface area contributed by atoms with Crippen molar-refractivity contribution in [2.24, 2.45) is 0 Å². The van der Waals surface area contributed by atoms with Crippen LogP contribution in [-0.2, 0) is 28.6 Å². The topological polar surface area (TPSA) is 78.9 Å². The van der Waals surface area contributed by atoms with Crippen molar-refractivity contribution in [3.8, 4) is 0 Å². The van der Waals surface area contributed by atoms with E-state index in [-0.39, 0.29) is 37.5 Å². The quantitative estimate of drug-likeness (QED) is 0.0199. The van der Waals surface area contributed by atoms with Crippen molar-refractivity contribution in [1.29, 1.82) is 0 Å². The van der Waals surface area contributed by atoms with Crippen LogP contribution >= 0.6 is 0 Å². The number of esters is 3. The van der Waals surface area contributed by atoms with Gasteiger partial charge in [-0.05, 0) is 57.8 Å². The third kappa shape index (κ3) is 49.7. The number of carbonyl (C=O) groups is 3. The van der Waals surface area contributed by atoms with E-state index in [4.69, 9.17) is 14.2 Å². The molecule has 0 aromatic carbocycles. The first kappa shape index (κ1) is 59.9. The highest BCUT2D eigenvalue weighted by Gasteiger charge is 2.19. The first-order chi connectivity index (χ1) is 31.0. The molecule has 0 N–H and O–H groups in total. The van der Waals surface area contributed by atoms with Crippen LogP contribution in [0.1, 0.15) is 252 Å². The highest BCUT2D eigenvalue weighted by atomic mass is 16.6. The van der Waals surface area contributed by atoms with Gasteiger partial charge < -0.3 is 14.2 Å². The summed E-state index contributed by atoms with van der Waals surface area (Å²) in [7, 11) is 0. The zero-order valence-corrected chi connectivity index (χ0v) is 41.3. The second-order valence-electron chi connectivity index (χ2n) is 17.5. The van der Waals surface area contributed by atoms with E-state index in [9.17, 15) is 14.4 Å². The van der Waals surface area contributed by atoms with Gasteiger partial charge >= 0.3 is 17.9 Å². The average Bonchev–Trinajstić information content (AvgIpc) is 3.28. The third-order valence-electron chi connectivity index (χ3n) is 11.3. The predicted octanol–water partition coefficient (Wildman–Crippen LogP) is 17.4. The molecule has 0 bridgehead atoms. The summed E-state index contributed by atoms with van der Waals surface area (Å²) in [5.41, 5.74) is 0. The number of hydrogen-bond donors (Lipinski definition) is 0. The summed E-state index contributed by atoms with van der Waals surface area (Å²) in [6.07, 6.45) is 64.7. The Morgan fingerprint density at radius 1 is 0.333 bits per heavy atom. The van der Waals surface area contributed by atoms with Crippen molar-refractivity contribution in [1.82, 2.24) is 0 Å². The molecule has 0 aliphatic heterocycles. The minimum absolute atomic E-state index is 0.100. The lowest BCUT2D eigenvalue weighted by molar-refractivity contribution is -0.167. The van der Waals surface area contributed by atoms with Crippen molar-refractivity contribution < 1.29 is 28.6 Å². The summed E-state index contributed by atoms with van der Waals surface area (Å²) in [6, 6.07) is 0. The summed E-state index contributed by atoms with van der Waals surface area (Å²) in [5.74, 6) is -0.979. The van der Waals surface area contributed by atoms with Crippen molar-refractivity contribution in [2.45, 2.75) is 258 Å². The second kappa shape index (κ2) is 51.5. The van der Waals surface area contributed by atoms with Crippen molar-refractivity contribution >= 4 is 17.9 Å². The van der Waals surface area contributed by atoms with E-state index >= 15 is 0 Å². The lowest BCUT2D eigenvalue weighted by atomic mass is 10.0. The molecule has 0 radical (unpaired) electrons. The molecule has 0 aromatic rings. The van der Waals surface area contributed by atoms with Crippen molar-refractivity contribution in [2.75, 3.05) is 13.2 Å². The second-order valence-corrected chi connectivity index (χ2v) is 17.5. The number of hydrogen-bond acceptors (Lipinski definition) is 6. The molecule has 0 aliphatic carbocycles. The summed E-state index contributed by atoms with van der Waals surface area (Å²) in [4.78, 5) is 38.0. The maximum absolute atomic E-state index is 12.8. The molecule has 0 amide bonds. The largest absolute Gasteiger partial charge is 0.462 e. The minimum atomic E-state index is -0.805. The molecule has 1 atom stereocenters. The zero-order chi connectivity index (χ0) is 45.8. The van der Waals surface area contributed by atoms with E-state index < -0.39 is 6.10 Å². The van der Waals surface area contributed by atoms with Crippen LogP contribution in [0.25, 0.3) is 0 Å². The van der Waals surface area contributed by atoms with Crippen LogP contribution in [-0.4, -0.2) is 37.2 Å². The molecule has 1 unspecified atom stereocenters. The predicted molar refractivity (Wildman–Crippen MR) is 270 cm³/mol. The number of unbranched alkanes of at least 4 members (excludes halogenated alkanes) is 28. The van der Waals surface area contributed by atoms with Gasteiger partial charge in [0, 0.05) is 19.3 Å². The van der Waals surface area contributed by atoms with Crippen molar-refractivity contribution in [3.63, 3.8) is 0 Å². The summed E-state index contributed by atoms with van der Waals surface area (Å²) in [5, 5.41) is 0. The lowest BCUT2D eigenvalue weighted by Gasteiger charge is -2.18. The van der Waals surface area contributed by atoms with Gasteiger partial charge in [-0.15, -0.1) is 0 Å². The SMILES string of the molecule is CC/C=C/C=C/C=C/C=C/C=C/CCCC(=O)OCC(COC(=O)CCCCCCC/C=C/CCCCCCCCC)OC(=O)CCCCCCCCCCCCCCCCCC. The standard InChI is InChI=1S/C57H98O6/c1-4-7-10-13-16-19-22-25-27-29-32-35-38-41-44-47-50-56(59)62-53-54(52-61-55(58)49-46-43-40-37-34-31-24-21-18-15-12-9-6-3)63-57(60)51-48-45-42-39-36-33-30-28-26-23-20-17-14-11-8-5-2/h9,12,15,18,21,24,27,29,31,34,37,40,54H,4-8,10-11,13-14,16-17,19-20,22-23,25-26,28,30,32-33,35-36,38-39,41-53H2,1-3H3/b12-9+,18-15+,24-21+,29-27+,34-31+,40-37+. The fourth-order valence-corrected chi connectivity index (χ4v) is 7.35. The van der Waals surface area contributed by atoms with E-state index in [0.29, 0.717) is 19.3 Å². The van der Waals surface area contributed by atoms with Gasteiger partial charge in [-0.2, -0.15) is 0 Å². The first-order valence-electron chi connectivity index (χ1n) is 26.5. The van der Waals surface area contributed by atoms with Crippen LogP contribution < -0.4 is 0 Å². The molecular formula is C57H98O6. The van der Waals surface area contributed by atoms with Crippen LogP contribution in [0.3, 0.4) is 0 Å². The highest BCUT2D eigenvalue weighted by molar-refractivity contribution is 5.71. The molecule has 0 saturated heterocycles. The monoisotopic (exact) mass is 879 g/mol. The van der Waals surface area contributed by atoms with Gasteiger partial charge in [0.2, 0.25) is 0 Å². The van der Waals surface area contributed by atoms with E-state index in [1.54, 1.807) is 0 Å². The van der Waals surface area contributed by atoms with Crippen molar-refractivity contribution in [3.05, 3.63) is 72.9 Å². The van der Waals surface area contributed by atoms with Gasteiger partial charge in [-0.1, -0.05) is 248 Å². The molecule has 63 heavy (non-hydrogen) atoms. The smallest absolute Gasteiger partial charge is 0.306 e. The van der Waals surface area contributed by atoms with E-state index in [1.807, 2.05) is 54.7 Å². The zero-order valence-electron chi connectivity index (χ0n) is 41.3. The molecular weight excluding hydrogens is 781 g/mol. The molecule has 362 valence electrons. The Bertz CT molecular complexity index is 1190. The van der Waals surface area contributed by atoms with E-state index in [1.165, 1.54) is 148 Å². The normalized spacial score (nSPS) is 12.6. The molecule has 6 heteroatoms. The van der Waals surface area contributed by atoms with Crippen LogP contribution in [0.5, 0.6) is 0 Å². The molecule has 0 aromatic heterocycles. The van der Waals surface area contributed by atoms with Crippen LogP contribution in [0.2, 0.25) is 0 Å². The van der Waals surface area contributed by atoms with E-state index in [0.717, 1.165) is 57.8 Å². The highest BCUT2D eigenvalue weighted by Crippen LogP contribution is 2.15. The Morgan fingerprint density at radius 3 is 1.06 bits per heavy atom. The number of ether oxygens (including phenoxy) is 3. The van der Waals surface area contributed by atoms with Gasteiger partial charge in [-0.3, -0.25) is 14.4 Å². The van der Waals surface area contributed by atoms with Crippen LogP contribution in [0.4, 0.5) is 0 Å². The minimum Gasteiger partial charge on any atom is -0.462 e. The maximum atomic E-state index is 12.8. The molecule has 0 heterocycles. The molecule has 0 fully saturated rings. The van der Waals surface area contributed by atoms with Crippen LogP contribution in [0, 0.1) is 0 Å². The maximum Gasteiger partial charge on any atom is 0.306 e. The van der Waals surface area contributed by atoms with Gasteiger partial charge in [0.1, 0.15) is 13.2 Å². The van der Waals surface area contributed by atoms with Crippen LogP contribution in [0.15, 0.2) is 72.9 Å². The number of allylic oxidation sites excluding steroid dienone is 12. The van der Waals surface area contributed by atoms with Gasteiger partial charge in [-0.25, -0.2) is 0 Å². The summed E-state index contributed by atoms with van der Waals surface area (Å²) < 4.78 is 16.7. The van der Waals surface area contributed by atoms with E-state index in [2.05, 4.69) is 39.0 Å². The fourth-order valence-electron chi connectivity index (χ4n) is 7.35. The Hall–Kier alpha value is -3.15. The number of carbonyl (C=O) groups excluding carboxylic acids is 3. The average molecular weight is 879 g/mol. The number of rotatable bonds is 47. The summed E-state index contributed by atoms with van der Waals surface area (Å²) in [6.45, 7) is 6.43. The Kier molecular flexibility index (Phi) is 48.9. The Balaban J connectivity index is 4.45. The van der Waals surface area contributed by atoms with Gasteiger partial charge in [0.25, 0.3) is 0 Å². The first-order valence-corrected chi connectivity index (χ1v) is 26.5. The lowest BCUT2D eigenvalue weighted by Crippen LogP contribution is -2.30. The summed E-state index contributed by atoms with van der Waals surface area (Å²) >= 11 is 0. The molecule has 0 rings (SSSR count). The fraction of sp³-hybridized carbons (Fsp3) is 0.737.